The van der Waals surface area contributed by atoms with Crippen LogP contribution in [-0.2, 0) is 28.5 Å². The molecule has 6 heteroatoms. The van der Waals surface area contributed by atoms with Crippen molar-refractivity contribution < 1.29 is 28.5 Å². The van der Waals surface area contributed by atoms with Crippen molar-refractivity contribution in [3.63, 3.8) is 0 Å². The zero-order valence-electron chi connectivity index (χ0n) is 24.0. The molecule has 0 radical (unpaired) electrons. The summed E-state index contributed by atoms with van der Waals surface area (Å²) < 4.78 is 29.8. The summed E-state index contributed by atoms with van der Waals surface area (Å²) >= 11 is 0. The molecule has 4 fully saturated rings. The Morgan fingerprint density at radius 3 is 2.53 bits per heavy atom. The fourth-order valence-corrected chi connectivity index (χ4v) is 6.80. The summed E-state index contributed by atoms with van der Waals surface area (Å²) in [5.41, 5.74) is 1.56. The van der Waals surface area contributed by atoms with Crippen molar-refractivity contribution in [1.29, 1.82) is 0 Å². The molecule has 38 heavy (non-hydrogen) atoms. The number of hydrogen-bond donors (Lipinski definition) is 0. The van der Waals surface area contributed by atoms with Gasteiger partial charge in [0, 0.05) is 25.6 Å². The third kappa shape index (κ3) is 9.18. The van der Waals surface area contributed by atoms with Crippen molar-refractivity contribution in [3.8, 4) is 0 Å². The lowest BCUT2D eigenvalue weighted by molar-refractivity contribution is -0.193. The van der Waals surface area contributed by atoms with Crippen molar-refractivity contribution in [2.45, 2.75) is 134 Å². The molecule has 2 unspecified atom stereocenters. The summed E-state index contributed by atoms with van der Waals surface area (Å²) in [6.07, 6.45) is 24.4. The molecule has 2 saturated heterocycles. The topological polar surface area (TPSA) is 63.2 Å². The lowest BCUT2D eigenvalue weighted by Gasteiger charge is -2.30. The van der Waals surface area contributed by atoms with E-state index >= 15 is 0 Å². The van der Waals surface area contributed by atoms with Crippen LogP contribution in [0.4, 0.5) is 0 Å². The zero-order chi connectivity index (χ0) is 26.6. The first kappa shape index (κ1) is 29.8. The SMILES string of the molecule is CCCCC[C@@H](C=C[C@H]1[C@@H]2CC(=CCCCC(=O)OC)C[C@H]2C[C@H]1OC1CCCCO1)OC1CCCCO1. The van der Waals surface area contributed by atoms with Crippen LogP contribution in [-0.4, -0.2) is 51.1 Å². The molecule has 4 rings (SSSR count). The number of fused-ring (bicyclic) bond motifs is 1. The normalized spacial score (nSPS) is 33.6. The summed E-state index contributed by atoms with van der Waals surface area (Å²) in [7, 11) is 1.46. The maximum Gasteiger partial charge on any atom is 0.305 e. The number of hydrogen-bond acceptors (Lipinski definition) is 6. The predicted octanol–water partition coefficient (Wildman–Crippen LogP) is 7.26. The number of unbranched alkanes of at least 4 members (excludes halogenated alkanes) is 3. The van der Waals surface area contributed by atoms with Crippen LogP contribution in [0.5, 0.6) is 0 Å². The molecule has 4 aliphatic rings. The van der Waals surface area contributed by atoms with Gasteiger partial charge in [-0.05, 0) is 88.9 Å². The molecule has 2 aliphatic carbocycles. The average Bonchev–Trinajstić information content (AvgIpc) is 3.47. The molecule has 216 valence electrons. The van der Waals surface area contributed by atoms with E-state index in [4.69, 9.17) is 23.7 Å². The number of rotatable bonds is 14. The van der Waals surface area contributed by atoms with Gasteiger partial charge in [-0.25, -0.2) is 0 Å². The van der Waals surface area contributed by atoms with Crippen molar-refractivity contribution in [1.82, 2.24) is 0 Å². The van der Waals surface area contributed by atoms with E-state index in [-0.39, 0.29) is 30.8 Å². The Bertz CT molecular complexity index is 751. The van der Waals surface area contributed by atoms with E-state index < -0.39 is 0 Å². The summed E-state index contributed by atoms with van der Waals surface area (Å²) in [4.78, 5) is 11.5. The molecule has 0 aromatic carbocycles. The molecule has 0 amide bonds. The first-order valence-electron chi connectivity index (χ1n) is 15.6. The number of carbonyl (C=O) groups excluding carboxylic acids is 1. The van der Waals surface area contributed by atoms with Gasteiger partial charge in [0.1, 0.15) is 0 Å². The van der Waals surface area contributed by atoms with Crippen molar-refractivity contribution in [2.75, 3.05) is 20.3 Å². The lowest BCUT2D eigenvalue weighted by Crippen LogP contribution is -2.31. The molecular weight excluding hydrogens is 480 g/mol. The summed E-state index contributed by atoms with van der Waals surface area (Å²) in [5.74, 6) is 1.53. The van der Waals surface area contributed by atoms with Crippen LogP contribution in [0.15, 0.2) is 23.8 Å². The van der Waals surface area contributed by atoms with Gasteiger partial charge in [0.2, 0.25) is 0 Å². The molecule has 2 saturated carbocycles. The molecule has 6 nitrogen and oxygen atoms in total. The second-order valence-electron chi connectivity index (χ2n) is 11.8. The summed E-state index contributed by atoms with van der Waals surface area (Å²) in [6, 6.07) is 0. The largest absolute Gasteiger partial charge is 0.469 e. The first-order chi connectivity index (χ1) is 18.7. The Morgan fingerprint density at radius 1 is 1.03 bits per heavy atom. The first-order valence-corrected chi connectivity index (χ1v) is 15.6. The molecule has 7 atom stereocenters. The van der Waals surface area contributed by atoms with Crippen molar-refractivity contribution in [2.24, 2.45) is 17.8 Å². The summed E-state index contributed by atoms with van der Waals surface area (Å²) in [5, 5.41) is 0. The van der Waals surface area contributed by atoms with Gasteiger partial charge in [-0.2, -0.15) is 0 Å². The molecule has 0 aromatic heterocycles. The Kier molecular flexibility index (Phi) is 12.7. The third-order valence-corrected chi connectivity index (χ3v) is 8.90. The van der Waals surface area contributed by atoms with Gasteiger partial charge >= 0.3 is 5.97 Å². The predicted molar refractivity (Wildman–Crippen MR) is 148 cm³/mol. The highest BCUT2D eigenvalue weighted by Gasteiger charge is 2.47. The third-order valence-electron chi connectivity index (χ3n) is 8.90. The van der Waals surface area contributed by atoms with Gasteiger partial charge in [-0.1, -0.05) is 50.0 Å². The van der Waals surface area contributed by atoms with E-state index in [1.165, 1.54) is 39.2 Å². The molecule has 0 bridgehead atoms. The van der Waals surface area contributed by atoms with Gasteiger partial charge in [-0.3, -0.25) is 4.79 Å². The lowest BCUT2D eigenvalue weighted by atomic mass is 9.90. The van der Waals surface area contributed by atoms with Gasteiger partial charge in [-0.15, -0.1) is 0 Å². The van der Waals surface area contributed by atoms with E-state index in [9.17, 15) is 4.79 Å². The van der Waals surface area contributed by atoms with Crippen LogP contribution in [0.2, 0.25) is 0 Å². The van der Waals surface area contributed by atoms with E-state index in [1.807, 2.05) is 0 Å². The van der Waals surface area contributed by atoms with Crippen molar-refractivity contribution >= 4 is 5.97 Å². The highest BCUT2D eigenvalue weighted by molar-refractivity contribution is 5.69. The second-order valence-corrected chi connectivity index (χ2v) is 11.8. The van der Waals surface area contributed by atoms with Crippen LogP contribution >= 0.6 is 0 Å². The molecule has 0 spiro atoms. The fraction of sp³-hybridized carbons (Fsp3) is 0.844. The van der Waals surface area contributed by atoms with E-state index in [0.29, 0.717) is 24.2 Å². The standard InChI is InChI=1S/C32H52O6/c1-3-4-5-13-26(37-31-15-8-10-19-35-31)17-18-27-28-22-24(12-6-7-14-30(33)34-2)21-25(28)23-29(27)38-32-16-9-11-20-36-32/h12,17-18,25-29,31-32H,3-11,13-16,19-23H2,1-2H3/t25-,26-,27-,28+,29+,31?,32?/m0/s1. The van der Waals surface area contributed by atoms with Crippen LogP contribution in [0, 0.1) is 17.8 Å². The van der Waals surface area contributed by atoms with Gasteiger partial charge in [0.15, 0.2) is 12.6 Å². The smallest absolute Gasteiger partial charge is 0.305 e. The molecule has 0 N–H and O–H groups in total. The number of carbonyl (C=O) groups is 1. The monoisotopic (exact) mass is 532 g/mol. The van der Waals surface area contributed by atoms with Gasteiger partial charge in [0.05, 0.1) is 19.3 Å². The Hall–Kier alpha value is -1.21. The molecule has 2 heterocycles. The Morgan fingerprint density at radius 2 is 1.82 bits per heavy atom. The van der Waals surface area contributed by atoms with E-state index in [0.717, 1.165) is 77.4 Å². The van der Waals surface area contributed by atoms with Gasteiger partial charge < -0.3 is 23.7 Å². The number of allylic oxidation sites excluding steroid dienone is 2. The minimum absolute atomic E-state index is 0.0518. The highest BCUT2D eigenvalue weighted by Crippen LogP contribution is 2.52. The Labute approximate surface area is 230 Å². The zero-order valence-corrected chi connectivity index (χ0v) is 24.0. The van der Waals surface area contributed by atoms with Crippen LogP contribution in [0.25, 0.3) is 0 Å². The summed E-state index contributed by atoms with van der Waals surface area (Å²) in [6.45, 7) is 3.89. The number of esters is 1. The highest BCUT2D eigenvalue weighted by atomic mass is 16.7. The van der Waals surface area contributed by atoms with Crippen LogP contribution in [0.1, 0.15) is 110 Å². The minimum Gasteiger partial charge on any atom is -0.469 e. The number of methoxy groups -OCH3 is 1. The van der Waals surface area contributed by atoms with E-state index in [2.05, 4.69) is 25.2 Å². The van der Waals surface area contributed by atoms with Gasteiger partial charge in [0.25, 0.3) is 0 Å². The molecular formula is C32H52O6. The second kappa shape index (κ2) is 16.2. The van der Waals surface area contributed by atoms with E-state index in [1.54, 1.807) is 5.57 Å². The van der Waals surface area contributed by atoms with Crippen molar-refractivity contribution in [3.05, 3.63) is 23.8 Å². The maximum atomic E-state index is 11.5. The molecule has 0 aromatic rings. The average molecular weight is 533 g/mol. The molecule has 2 aliphatic heterocycles. The van der Waals surface area contributed by atoms with Crippen LogP contribution in [0.3, 0.4) is 0 Å². The number of ether oxygens (including phenoxy) is 5. The fourth-order valence-electron chi connectivity index (χ4n) is 6.80. The minimum atomic E-state index is -0.115. The quantitative estimate of drug-likeness (QED) is 0.133. The Balaban J connectivity index is 1.40. The van der Waals surface area contributed by atoms with Crippen LogP contribution < -0.4 is 0 Å². The maximum absolute atomic E-state index is 11.5.